The quantitative estimate of drug-likeness (QED) is 0.652. The zero-order valence-electron chi connectivity index (χ0n) is 12.4. The molecule has 0 unspecified atom stereocenters. The molecule has 0 saturated carbocycles. The van der Waals surface area contributed by atoms with E-state index in [9.17, 15) is 18.8 Å². The van der Waals surface area contributed by atoms with Crippen molar-refractivity contribution in [1.29, 1.82) is 0 Å². The van der Waals surface area contributed by atoms with Crippen LogP contribution in [0.5, 0.6) is 0 Å². The summed E-state index contributed by atoms with van der Waals surface area (Å²) in [4.78, 5) is 36.9. The molecule has 23 heavy (non-hydrogen) atoms. The van der Waals surface area contributed by atoms with Crippen LogP contribution in [0.4, 0.5) is 4.39 Å². The highest BCUT2D eigenvalue weighted by Gasteiger charge is 2.12. The van der Waals surface area contributed by atoms with Gasteiger partial charge in [-0.3, -0.25) is 25.2 Å². The predicted molar refractivity (Wildman–Crippen MR) is 84.6 cm³/mol. The molecule has 7 heteroatoms. The molecule has 1 aromatic heterocycles. The molecule has 0 aliphatic carbocycles. The Labute approximate surface area is 136 Å². The first kappa shape index (κ1) is 16.8. The summed E-state index contributed by atoms with van der Waals surface area (Å²) in [6.07, 6.45) is 0.0394. The number of carbonyl (C=O) groups excluding carboxylic acids is 3. The summed E-state index contributed by atoms with van der Waals surface area (Å²) in [5, 5.41) is 0. The average molecular weight is 334 g/mol. The lowest BCUT2D eigenvalue weighted by Gasteiger charge is -2.07. The van der Waals surface area contributed by atoms with Gasteiger partial charge in [0.2, 0.25) is 5.91 Å². The SMILES string of the molecule is Cc1ccc(C(=O)CCC(=O)NNC(=O)c2ccc(F)cc2)s1. The fraction of sp³-hybridized carbons (Fsp3) is 0.188. The van der Waals surface area contributed by atoms with Gasteiger partial charge in [0.1, 0.15) is 5.82 Å². The van der Waals surface area contributed by atoms with E-state index in [0.29, 0.717) is 4.88 Å². The minimum atomic E-state index is -0.557. The standard InChI is InChI=1S/C16H15FN2O3S/c1-10-2-8-14(23-10)13(20)7-9-15(21)18-19-16(22)11-3-5-12(17)6-4-11/h2-6,8H,7,9H2,1H3,(H,18,21)(H,19,22). The highest BCUT2D eigenvalue weighted by atomic mass is 32.1. The lowest BCUT2D eigenvalue weighted by Crippen LogP contribution is -2.41. The van der Waals surface area contributed by atoms with Crippen LogP contribution in [0.2, 0.25) is 0 Å². The van der Waals surface area contributed by atoms with Gasteiger partial charge in [0, 0.05) is 23.3 Å². The molecule has 1 heterocycles. The molecule has 0 saturated heterocycles. The average Bonchev–Trinajstić information content (AvgIpc) is 2.97. The van der Waals surface area contributed by atoms with Crippen LogP contribution in [0.1, 0.15) is 37.7 Å². The van der Waals surface area contributed by atoms with Crippen molar-refractivity contribution in [2.45, 2.75) is 19.8 Å². The molecule has 1 aromatic carbocycles. The predicted octanol–water partition coefficient (Wildman–Crippen LogP) is 2.62. The van der Waals surface area contributed by atoms with Crippen molar-refractivity contribution in [1.82, 2.24) is 10.9 Å². The third kappa shape index (κ3) is 5.00. The summed E-state index contributed by atoms with van der Waals surface area (Å²) >= 11 is 1.38. The van der Waals surface area contributed by atoms with E-state index in [1.54, 1.807) is 6.07 Å². The van der Waals surface area contributed by atoms with Gasteiger partial charge in [0.05, 0.1) is 4.88 Å². The van der Waals surface area contributed by atoms with Crippen molar-refractivity contribution in [2.75, 3.05) is 0 Å². The molecule has 0 aliphatic rings. The number of rotatable bonds is 5. The molecule has 0 atom stereocenters. The molecular weight excluding hydrogens is 319 g/mol. The van der Waals surface area contributed by atoms with Crippen LogP contribution < -0.4 is 10.9 Å². The van der Waals surface area contributed by atoms with Gasteiger partial charge in [-0.1, -0.05) is 0 Å². The number of hydrazine groups is 1. The molecule has 2 aromatic rings. The molecular formula is C16H15FN2O3S. The first-order valence-electron chi connectivity index (χ1n) is 6.90. The Balaban J connectivity index is 1.75. The van der Waals surface area contributed by atoms with Crippen molar-refractivity contribution >= 4 is 28.9 Å². The molecule has 2 rings (SSSR count). The third-order valence-corrected chi connectivity index (χ3v) is 4.06. The summed E-state index contributed by atoms with van der Waals surface area (Å²) in [6.45, 7) is 1.90. The lowest BCUT2D eigenvalue weighted by molar-refractivity contribution is -0.121. The summed E-state index contributed by atoms with van der Waals surface area (Å²) in [5.74, 6) is -1.59. The molecule has 5 nitrogen and oxygen atoms in total. The number of nitrogens with one attached hydrogen (secondary N) is 2. The van der Waals surface area contributed by atoms with E-state index < -0.39 is 17.6 Å². The Morgan fingerprint density at radius 3 is 2.30 bits per heavy atom. The first-order chi connectivity index (χ1) is 11.0. The Kier molecular flexibility index (Phi) is 5.59. The van der Waals surface area contributed by atoms with E-state index in [-0.39, 0.29) is 24.2 Å². The maximum Gasteiger partial charge on any atom is 0.269 e. The summed E-state index contributed by atoms with van der Waals surface area (Å²) < 4.78 is 12.7. The number of Topliss-reactive ketones (excluding diaryl/α,β-unsaturated/α-hetero) is 1. The van der Waals surface area contributed by atoms with Crippen LogP contribution in [0.15, 0.2) is 36.4 Å². The number of aryl methyl sites for hydroxylation is 1. The maximum absolute atomic E-state index is 12.7. The van der Waals surface area contributed by atoms with Crippen molar-refractivity contribution < 1.29 is 18.8 Å². The van der Waals surface area contributed by atoms with Gasteiger partial charge in [-0.05, 0) is 43.3 Å². The smallest absolute Gasteiger partial charge is 0.269 e. The van der Waals surface area contributed by atoms with Crippen LogP contribution in [0.3, 0.4) is 0 Å². The van der Waals surface area contributed by atoms with Gasteiger partial charge in [-0.15, -0.1) is 11.3 Å². The third-order valence-electron chi connectivity index (χ3n) is 3.02. The van der Waals surface area contributed by atoms with Crippen LogP contribution in [0.25, 0.3) is 0 Å². The van der Waals surface area contributed by atoms with Gasteiger partial charge in [0.15, 0.2) is 5.78 Å². The van der Waals surface area contributed by atoms with Gasteiger partial charge >= 0.3 is 0 Å². The van der Waals surface area contributed by atoms with Crippen molar-refractivity contribution in [3.8, 4) is 0 Å². The van der Waals surface area contributed by atoms with E-state index in [1.807, 2.05) is 13.0 Å². The van der Waals surface area contributed by atoms with Crippen molar-refractivity contribution in [2.24, 2.45) is 0 Å². The summed E-state index contributed by atoms with van der Waals surface area (Å²) in [6, 6.07) is 8.49. The Morgan fingerprint density at radius 2 is 1.70 bits per heavy atom. The topological polar surface area (TPSA) is 75.3 Å². The van der Waals surface area contributed by atoms with E-state index in [1.165, 1.54) is 23.5 Å². The number of hydrogen-bond donors (Lipinski definition) is 2. The van der Waals surface area contributed by atoms with Gasteiger partial charge in [-0.2, -0.15) is 0 Å². The second kappa shape index (κ2) is 7.64. The Morgan fingerprint density at radius 1 is 1.00 bits per heavy atom. The largest absolute Gasteiger partial charge is 0.293 e. The number of amides is 2. The van der Waals surface area contributed by atoms with Crippen molar-refractivity contribution in [3.63, 3.8) is 0 Å². The number of halogens is 1. The minimum absolute atomic E-state index is 0.0283. The van der Waals surface area contributed by atoms with Crippen LogP contribution in [-0.2, 0) is 4.79 Å². The van der Waals surface area contributed by atoms with Crippen LogP contribution >= 0.6 is 11.3 Å². The highest BCUT2D eigenvalue weighted by molar-refractivity contribution is 7.14. The first-order valence-corrected chi connectivity index (χ1v) is 7.72. The van der Waals surface area contributed by atoms with E-state index in [4.69, 9.17) is 0 Å². The molecule has 0 spiro atoms. The number of ketones is 1. The molecule has 0 radical (unpaired) electrons. The Hall–Kier alpha value is -2.54. The summed E-state index contributed by atoms with van der Waals surface area (Å²) in [7, 11) is 0. The van der Waals surface area contributed by atoms with E-state index >= 15 is 0 Å². The number of thiophene rings is 1. The second-order valence-electron chi connectivity index (χ2n) is 4.84. The molecule has 120 valence electrons. The zero-order chi connectivity index (χ0) is 16.8. The number of benzene rings is 1. The molecule has 0 aliphatic heterocycles. The zero-order valence-corrected chi connectivity index (χ0v) is 13.2. The van der Waals surface area contributed by atoms with E-state index in [0.717, 1.165) is 17.0 Å². The highest BCUT2D eigenvalue weighted by Crippen LogP contribution is 2.17. The van der Waals surface area contributed by atoms with Crippen molar-refractivity contribution in [3.05, 3.63) is 57.5 Å². The summed E-state index contributed by atoms with van der Waals surface area (Å²) in [5.41, 5.74) is 4.66. The fourth-order valence-electron chi connectivity index (χ4n) is 1.80. The molecule has 2 N–H and O–H groups in total. The van der Waals surface area contributed by atoms with Gasteiger partial charge in [0.25, 0.3) is 5.91 Å². The number of carbonyl (C=O) groups is 3. The molecule has 2 amide bonds. The second-order valence-corrected chi connectivity index (χ2v) is 6.13. The van der Waals surface area contributed by atoms with Crippen LogP contribution in [-0.4, -0.2) is 17.6 Å². The van der Waals surface area contributed by atoms with Gasteiger partial charge in [-0.25, -0.2) is 4.39 Å². The molecule has 0 fully saturated rings. The lowest BCUT2D eigenvalue weighted by atomic mass is 10.2. The van der Waals surface area contributed by atoms with E-state index in [2.05, 4.69) is 10.9 Å². The maximum atomic E-state index is 12.7. The van der Waals surface area contributed by atoms with Crippen LogP contribution in [0, 0.1) is 12.7 Å². The molecule has 0 bridgehead atoms. The van der Waals surface area contributed by atoms with Gasteiger partial charge < -0.3 is 0 Å². The minimum Gasteiger partial charge on any atom is -0.293 e. The number of hydrogen-bond acceptors (Lipinski definition) is 4. The Bertz CT molecular complexity index is 725. The monoisotopic (exact) mass is 334 g/mol. The normalized spacial score (nSPS) is 10.2. The fourth-order valence-corrected chi connectivity index (χ4v) is 2.63.